The molecule has 2 aromatic carbocycles. The Morgan fingerprint density at radius 2 is 1.36 bits per heavy atom. The van der Waals surface area contributed by atoms with Crippen molar-refractivity contribution in [1.29, 1.82) is 0 Å². The van der Waals surface area contributed by atoms with E-state index in [1.54, 1.807) is 43.8 Å². The standard InChI is InChI=1S/C20H16N4O2.C16H12N2O/c1-2-26-20(25)19-17(18(23-24-19)16-9-5-6-11-21-16)14-10-12-22-15-8-4-3-7-13(14)15;19-16(15-7-3-4-9-17-15)11-12-8-10-18-14-6-2-1-5-13(12)14/h3-12H,2H2,1H3,(H,23,24);1-10H,11H2. The molecule has 0 amide bonds. The quantitative estimate of drug-likeness (QED) is 0.156. The second kappa shape index (κ2) is 13.5. The minimum absolute atomic E-state index is 0.0250. The smallest absolute Gasteiger partial charge is 0.357 e. The largest absolute Gasteiger partial charge is 0.461 e. The highest BCUT2D eigenvalue weighted by Gasteiger charge is 2.24. The van der Waals surface area contributed by atoms with Crippen LogP contribution in [0.25, 0.3) is 44.3 Å². The number of esters is 1. The third kappa shape index (κ3) is 6.33. The molecule has 9 heteroatoms. The molecule has 0 radical (unpaired) electrons. The number of ketones is 1. The molecule has 0 saturated heterocycles. The minimum atomic E-state index is -0.446. The summed E-state index contributed by atoms with van der Waals surface area (Å²) in [6.07, 6.45) is 7.14. The van der Waals surface area contributed by atoms with Crippen LogP contribution in [0.5, 0.6) is 0 Å². The van der Waals surface area contributed by atoms with E-state index in [0.717, 1.165) is 32.9 Å². The summed E-state index contributed by atoms with van der Waals surface area (Å²) in [6.45, 7) is 2.06. The fourth-order valence-corrected chi connectivity index (χ4v) is 5.06. The average molecular weight is 593 g/mol. The van der Waals surface area contributed by atoms with Gasteiger partial charge in [0.1, 0.15) is 11.4 Å². The van der Waals surface area contributed by atoms with E-state index in [1.165, 1.54) is 0 Å². The molecule has 5 heterocycles. The number of fused-ring (bicyclic) bond motifs is 2. The van der Waals surface area contributed by atoms with Crippen molar-refractivity contribution in [2.24, 2.45) is 0 Å². The highest BCUT2D eigenvalue weighted by atomic mass is 16.5. The molecular formula is C36H28N6O3. The zero-order valence-corrected chi connectivity index (χ0v) is 24.4. The third-order valence-electron chi connectivity index (χ3n) is 7.11. The van der Waals surface area contributed by atoms with Gasteiger partial charge in [-0.1, -0.05) is 48.5 Å². The van der Waals surface area contributed by atoms with Crippen molar-refractivity contribution >= 4 is 33.6 Å². The van der Waals surface area contributed by atoms with Crippen molar-refractivity contribution < 1.29 is 14.3 Å². The number of hydrogen-bond donors (Lipinski definition) is 1. The second-order valence-corrected chi connectivity index (χ2v) is 9.94. The maximum atomic E-state index is 12.5. The van der Waals surface area contributed by atoms with Crippen LogP contribution in [0.2, 0.25) is 0 Å². The lowest BCUT2D eigenvalue weighted by Crippen LogP contribution is -2.07. The van der Waals surface area contributed by atoms with Crippen molar-refractivity contribution in [3.8, 4) is 22.5 Å². The van der Waals surface area contributed by atoms with Gasteiger partial charge in [0.25, 0.3) is 0 Å². The number of pyridine rings is 4. The van der Waals surface area contributed by atoms with Crippen LogP contribution in [0, 0.1) is 0 Å². The molecule has 1 N–H and O–H groups in total. The van der Waals surface area contributed by atoms with Gasteiger partial charge in [-0.3, -0.25) is 29.8 Å². The number of para-hydroxylation sites is 2. The molecule has 0 fully saturated rings. The normalized spacial score (nSPS) is 10.7. The summed E-state index contributed by atoms with van der Waals surface area (Å²) in [7, 11) is 0. The third-order valence-corrected chi connectivity index (χ3v) is 7.11. The Hall–Kier alpha value is -6.09. The van der Waals surface area contributed by atoms with E-state index in [0.29, 0.717) is 34.8 Å². The summed E-state index contributed by atoms with van der Waals surface area (Å²) in [5, 5.41) is 9.15. The van der Waals surface area contributed by atoms with Gasteiger partial charge in [0.05, 0.1) is 23.3 Å². The summed E-state index contributed by atoms with van der Waals surface area (Å²) in [6, 6.07) is 30.3. The molecule has 0 aliphatic rings. The number of nitrogens with zero attached hydrogens (tertiary/aromatic N) is 5. The van der Waals surface area contributed by atoms with Gasteiger partial charge in [-0.15, -0.1) is 0 Å². The number of rotatable bonds is 7. The minimum Gasteiger partial charge on any atom is -0.461 e. The predicted octanol–water partition coefficient (Wildman–Crippen LogP) is 6.92. The molecule has 0 saturated carbocycles. The van der Waals surface area contributed by atoms with Crippen LogP contribution < -0.4 is 0 Å². The highest BCUT2D eigenvalue weighted by molar-refractivity contribution is 6.05. The maximum absolute atomic E-state index is 12.5. The summed E-state index contributed by atoms with van der Waals surface area (Å²) < 4.78 is 5.21. The van der Waals surface area contributed by atoms with Crippen molar-refractivity contribution in [3.05, 3.63) is 139 Å². The summed E-state index contributed by atoms with van der Waals surface area (Å²) in [5.74, 6) is -0.421. The van der Waals surface area contributed by atoms with Crippen LogP contribution in [0.15, 0.2) is 122 Å². The summed E-state index contributed by atoms with van der Waals surface area (Å²) in [4.78, 5) is 41.8. The van der Waals surface area contributed by atoms with Crippen molar-refractivity contribution in [1.82, 2.24) is 30.1 Å². The monoisotopic (exact) mass is 592 g/mol. The van der Waals surface area contributed by atoms with E-state index >= 15 is 0 Å². The Morgan fingerprint density at radius 1 is 0.689 bits per heavy atom. The number of carbonyl (C=O) groups excluding carboxylic acids is 2. The van der Waals surface area contributed by atoms with Crippen molar-refractivity contribution in [3.63, 3.8) is 0 Å². The Morgan fingerprint density at radius 3 is 2.07 bits per heavy atom. The molecule has 0 atom stereocenters. The first kappa shape index (κ1) is 29.0. The van der Waals surface area contributed by atoms with Crippen molar-refractivity contribution in [2.45, 2.75) is 13.3 Å². The number of aromatic amines is 1. The SMILES string of the molecule is CCOC(=O)c1[nH]nc(-c2ccccn2)c1-c1ccnc2ccccc12.O=C(Cc1ccnc2ccccc12)c1ccccn1. The van der Waals surface area contributed by atoms with Crippen LogP contribution in [0.3, 0.4) is 0 Å². The van der Waals surface area contributed by atoms with Gasteiger partial charge >= 0.3 is 5.97 Å². The van der Waals surface area contributed by atoms with Gasteiger partial charge in [-0.2, -0.15) is 5.10 Å². The Labute approximate surface area is 259 Å². The number of benzene rings is 2. The zero-order chi connectivity index (χ0) is 31.0. The Bertz CT molecular complexity index is 2080. The van der Waals surface area contributed by atoms with Gasteiger partial charge in [-0.05, 0) is 66.6 Å². The zero-order valence-electron chi connectivity index (χ0n) is 24.4. The van der Waals surface area contributed by atoms with Crippen LogP contribution in [-0.4, -0.2) is 48.5 Å². The van der Waals surface area contributed by atoms with Crippen LogP contribution in [0.4, 0.5) is 0 Å². The Kier molecular flexibility index (Phi) is 8.68. The average Bonchev–Trinajstić information content (AvgIpc) is 3.55. The molecule has 0 bridgehead atoms. The maximum Gasteiger partial charge on any atom is 0.357 e. The van der Waals surface area contributed by atoms with E-state index in [9.17, 15) is 9.59 Å². The van der Waals surface area contributed by atoms with Crippen LogP contribution in [0.1, 0.15) is 33.5 Å². The topological polar surface area (TPSA) is 124 Å². The van der Waals surface area contributed by atoms with Gasteiger partial charge in [0, 0.05) is 47.5 Å². The molecule has 0 unspecified atom stereocenters. The fourth-order valence-electron chi connectivity index (χ4n) is 5.06. The summed E-state index contributed by atoms with van der Waals surface area (Å²) in [5.41, 5.74) is 6.35. The second-order valence-electron chi connectivity index (χ2n) is 9.94. The Balaban J connectivity index is 0.000000167. The number of H-pyrrole nitrogens is 1. The molecule has 0 aliphatic carbocycles. The molecule has 0 spiro atoms. The van der Waals surface area contributed by atoms with Gasteiger partial charge in [0.15, 0.2) is 11.5 Å². The molecular weight excluding hydrogens is 564 g/mol. The van der Waals surface area contributed by atoms with Gasteiger partial charge < -0.3 is 4.74 Å². The lowest BCUT2D eigenvalue weighted by Gasteiger charge is -2.09. The molecule has 5 aromatic heterocycles. The molecule has 45 heavy (non-hydrogen) atoms. The lowest BCUT2D eigenvalue weighted by atomic mass is 9.97. The lowest BCUT2D eigenvalue weighted by molar-refractivity contribution is 0.0520. The number of Topliss-reactive ketones (excluding diaryl/α,β-unsaturated/α-hetero) is 1. The molecule has 7 rings (SSSR count). The van der Waals surface area contributed by atoms with E-state index in [2.05, 4.69) is 30.1 Å². The molecule has 0 aliphatic heterocycles. The van der Waals surface area contributed by atoms with E-state index in [4.69, 9.17) is 4.74 Å². The van der Waals surface area contributed by atoms with E-state index in [1.807, 2.05) is 84.9 Å². The number of ether oxygens (including phenoxy) is 1. The number of aromatic nitrogens is 6. The van der Waals surface area contributed by atoms with E-state index < -0.39 is 5.97 Å². The predicted molar refractivity (Wildman–Crippen MR) is 173 cm³/mol. The molecule has 7 aromatic rings. The van der Waals surface area contributed by atoms with Gasteiger partial charge in [-0.25, -0.2) is 4.79 Å². The van der Waals surface area contributed by atoms with Crippen molar-refractivity contribution in [2.75, 3.05) is 6.61 Å². The van der Waals surface area contributed by atoms with Crippen LogP contribution in [-0.2, 0) is 11.2 Å². The fraction of sp³-hybridized carbons (Fsp3) is 0.0833. The molecule has 9 nitrogen and oxygen atoms in total. The first-order valence-electron chi connectivity index (χ1n) is 14.4. The van der Waals surface area contributed by atoms with Crippen LogP contribution >= 0.6 is 0 Å². The van der Waals surface area contributed by atoms with E-state index in [-0.39, 0.29) is 12.4 Å². The highest BCUT2D eigenvalue weighted by Crippen LogP contribution is 2.36. The molecule has 220 valence electrons. The number of hydrogen-bond acceptors (Lipinski definition) is 8. The first-order valence-corrected chi connectivity index (χ1v) is 14.4. The number of nitrogens with one attached hydrogen (secondary N) is 1. The first-order chi connectivity index (χ1) is 22.1. The number of carbonyl (C=O) groups is 2. The van der Waals surface area contributed by atoms with Gasteiger partial charge in [0.2, 0.25) is 0 Å². The summed E-state index contributed by atoms with van der Waals surface area (Å²) >= 11 is 0.